The number of carboxylic acids is 1. The van der Waals surface area contributed by atoms with Crippen LogP contribution in [0.2, 0.25) is 0 Å². The second-order valence-corrected chi connectivity index (χ2v) is 7.11. The number of esters is 1. The Morgan fingerprint density at radius 3 is 1.69 bits per heavy atom. The Labute approximate surface area is 154 Å². The molecule has 0 saturated carbocycles. The molecule has 0 saturated heterocycles. The number of carbonyl (C=O) groups excluding carboxylic acids is 2. The Kier molecular flexibility index (Phi) is 14.0. The number of amides is 1. The highest BCUT2D eigenvalue weighted by molar-refractivity contribution is 7.85. The number of carbonyl (C=O) groups is 3. The van der Waals surface area contributed by atoms with Crippen LogP contribution in [0.4, 0.5) is 0 Å². The van der Waals surface area contributed by atoms with Crippen LogP contribution in [0.25, 0.3) is 0 Å². The predicted octanol–water partition coefficient (Wildman–Crippen LogP) is 1.34. The average molecular weight is 393 g/mol. The van der Waals surface area contributed by atoms with E-state index in [9.17, 15) is 22.8 Å². The number of rotatable bonds is 6. The number of hydrogen-bond donors (Lipinski definition) is 3. The summed E-state index contributed by atoms with van der Waals surface area (Å²) in [5.41, 5.74) is -0.392. The van der Waals surface area contributed by atoms with Gasteiger partial charge in [0.1, 0.15) is 0 Å². The number of ether oxygens (including phenoxy) is 1. The van der Waals surface area contributed by atoms with Crippen molar-refractivity contribution in [2.24, 2.45) is 0 Å². The maximum Gasteiger partial charge on any atom is 0.332 e. The molecule has 0 aliphatic carbocycles. The van der Waals surface area contributed by atoms with Gasteiger partial charge in [-0.05, 0) is 33.8 Å². The van der Waals surface area contributed by atoms with Gasteiger partial charge < -0.3 is 15.2 Å². The molecular weight excluding hydrogens is 366 g/mol. The minimum absolute atomic E-state index is 0.176. The van der Waals surface area contributed by atoms with Crippen LogP contribution >= 0.6 is 0 Å². The van der Waals surface area contributed by atoms with E-state index in [0.717, 1.165) is 6.08 Å². The first-order valence-electron chi connectivity index (χ1n) is 7.01. The summed E-state index contributed by atoms with van der Waals surface area (Å²) in [6, 6.07) is 0. The SMILES string of the molecule is C=C(C)C(=O)O.C=C(C)C(=O)OC.C=CC(=O)NC(C)(C)CS(=O)(=O)O. The molecule has 1 amide bonds. The molecule has 9 nitrogen and oxygen atoms in total. The van der Waals surface area contributed by atoms with Gasteiger partial charge in [-0.25, -0.2) is 9.59 Å². The molecule has 0 aromatic rings. The van der Waals surface area contributed by atoms with E-state index in [1.807, 2.05) is 0 Å². The maximum atomic E-state index is 10.8. The van der Waals surface area contributed by atoms with E-state index in [1.54, 1.807) is 6.92 Å². The largest absolute Gasteiger partial charge is 0.478 e. The highest BCUT2D eigenvalue weighted by Gasteiger charge is 2.25. The molecule has 0 fully saturated rings. The molecule has 0 atom stereocenters. The molecule has 0 aromatic carbocycles. The van der Waals surface area contributed by atoms with E-state index in [-0.39, 0.29) is 11.5 Å². The van der Waals surface area contributed by atoms with Crippen LogP contribution in [0.15, 0.2) is 37.0 Å². The lowest BCUT2D eigenvalue weighted by atomic mass is 10.1. The second kappa shape index (κ2) is 12.8. The van der Waals surface area contributed by atoms with Crippen molar-refractivity contribution in [2.45, 2.75) is 33.2 Å². The van der Waals surface area contributed by atoms with E-state index >= 15 is 0 Å². The average Bonchev–Trinajstić information content (AvgIpc) is 2.44. The summed E-state index contributed by atoms with van der Waals surface area (Å²) in [5.74, 6) is -2.29. The van der Waals surface area contributed by atoms with Crippen LogP contribution in [0.1, 0.15) is 27.7 Å². The quantitative estimate of drug-likeness (QED) is 0.348. The molecular formula is C16H27NO8S. The molecule has 10 heteroatoms. The smallest absolute Gasteiger partial charge is 0.332 e. The zero-order valence-corrected chi connectivity index (χ0v) is 16.5. The van der Waals surface area contributed by atoms with Gasteiger partial charge in [-0.15, -0.1) is 0 Å². The monoisotopic (exact) mass is 393 g/mol. The number of methoxy groups -OCH3 is 1. The van der Waals surface area contributed by atoms with Gasteiger partial charge in [0.2, 0.25) is 5.91 Å². The van der Waals surface area contributed by atoms with Gasteiger partial charge in [0.05, 0.1) is 18.4 Å². The van der Waals surface area contributed by atoms with Crippen LogP contribution in [-0.2, 0) is 29.2 Å². The summed E-state index contributed by atoms with van der Waals surface area (Å²) in [6.45, 7) is 15.7. The summed E-state index contributed by atoms with van der Waals surface area (Å²) in [4.78, 5) is 30.6. The van der Waals surface area contributed by atoms with E-state index in [2.05, 4.69) is 29.8 Å². The van der Waals surface area contributed by atoms with Crippen molar-refractivity contribution < 1.29 is 37.2 Å². The molecule has 26 heavy (non-hydrogen) atoms. The number of hydrogen-bond acceptors (Lipinski definition) is 6. The van der Waals surface area contributed by atoms with Gasteiger partial charge in [-0.1, -0.05) is 19.7 Å². The van der Waals surface area contributed by atoms with Gasteiger partial charge >= 0.3 is 11.9 Å². The fourth-order valence-corrected chi connectivity index (χ4v) is 2.04. The summed E-state index contributed by atoms with van der Waals surface area (Å²) in [7, 11) is -2.75. The molecule has 0 heterocycles. The van der Waals surface area contributed by atoms with E-state index in [4.69, 9.17) is 9.66 Å². The first kappa shape index (κ1) is 28.3. The highest BCUT2D eigenvalue weighted by Crippen LogP contribution is 2.05. The summed E-state index contributed by atoms with van der Waals surface area (Å²) in [6.07, 6.45) is 1.03. The molecule has 0 rings (SSSR count). The summed E-state index contributed by atoms with van der Waals surface area (Å²) >= 11 is 0. The lowest BCUT2D eigenvalue weighted by Gasteiger charge is -2.23. The Morgan fingerprint density at radius 2 is 1.54 bits per heavy atom. The van der Waals surface area contributed by atoms with Gasteiger partial charge in [0, 0.05) is 11.1 Å². The molecule has 0 aliphatic heterocycles. The van der Waals surface area contributed by atoms with Crippen LogP contribution in [0, 0.1) is 0 Å². The minimum Gasteiger partial charge on any atom is -0.478 e. The van der Waals surface area contributed by atoms with Crippen molar-refractivity contribution in [1.29, 1.82) is 0 Å². The number of carboxylic acid groups (broad SMARTS) is 1. The maximum absolute atomic E-state index is 10.8. The Balaban J connectivity index is -0.000000342. The van der Waals surface area contributed by atoms with Crippen LogP contribution in [0.5, 0.6) is 0 Å². The topological polar surface area (TPSA) is 147 Å². The lowest BCUT2D eigenvalue weighted by Crippen LogP contribution is -2.47. The van der Waals surface area contributed by atoms with Gasteiger partial charge in [-0.2, -0.15) is 8.42 Å². The van der Waals surface area contributed by atoms with Gasteiger partial charge in [0.25, 0.3) is 10.1 Å². The molecule has 0 aliphatic rings. The van der Waals surface area contributed by atoms with Crippen molar-refractivity contribution in [1.82, 2.24) is 5.32 Å². The number of aliphatic carboxylic acids is 1. The van der Waals surface area contributed by atoms with Crippen molar-refractivity contribution >= 4 is 28.0 Å². The molecule has 3 N–H and O–H groups in total. The highest BCUT2D eigenvalue weighted by atomic mass is 32.2. The standard InChI is InChI=1S/C7H13NO4S.C5H8O2.C4H6O2/c1-4-6(9)8-7(2,3)5-13(10,11)12;1-4(2)5(6)7-3;1-3(2)4(5)6/h4H,1,5H2,2-3H3,(H,8,9)(H,10,11,12);1H2,2-3H3;1H2,2H3,(H,5,6). The van der Waals surface area contributed by atoms with E-state index in [0.29, 0.717) is 5.57 Å². The summed E-state index contributed by atoms with van der Waals surface area (Å²) < 4.78 is 33.8. The van der Waals surface area contributed by atoms with Crippen molar-refractivity contribution in [3.8, 4) is 0 Å². The van der Waals surface area contributed by atoms with Crippen molar-refractivity contribution in [3.63, 3.8) is 0 Å². The predicted molar refractivity (Wildman–Crippen MR) is 98.1 cm³/mol. The Bertz CT molecular complexity index is 635. The molecule has 0 spiro atoms. The third kappa shape index (κ3) is 21.5. The van der Waals surface area contributed by atoms with Gasteiger partial charge in [-0.3, -0.25) is 9.35 Å². The van der Waals surface area contributed by atoms with E-state index in [1.165, 1.54) is 27.9 Å². The van der Waals surface area contributed by atoms with Crippen LogP contribution in [0.3, 0.4) is 0 Å². The Hall–Kier alpha value is -2.46. The lowest BCUT2D eigenvalue weighted by molar-refractivity contribution is -0.136. The molecule has 0 aromatic heterocycles. The third-order valence-corrected chi connectivity index (χ3v) is 3.18. The molecule has 0 unspecified atom stereocenters. The summed E-state index contributed by atoms with van der Waals surface area (Å²) in [5, 5.41) is 10.3. The fraction of sp³-hybridized carbons (Fsp3) is 0.438. The molecule has 0 radical (unpaired) electrons. The molecule has 0 bridgehead atoms. The number of nitrogens with one attached hydrogen (secondary N) is 1. The van der Waals surface area contributed by atoms with Crippen LogP contribution in [-0.4, -0.2) is 54.3 Å². The zero-order valence-electron chi connectivity index (χ0n) is 15.7. The third-order valence-electron chi connectivity index (χ3n) is 2.09. The zero-order chi connectivity index (χ0) is 21.7. The van der Waals surface area contributed by atoms with Gasteiger partial charge in [0.15, 0.2) is 0 Å². The second-order valence-electron chi connectivity index (χ2n) is 5.66. The van der Waals surface area contributed by atoms with Crippen molar-refractivity contribution in [3.05, 3.63) is 37.0 Å². The van der Waals surface area contributed by atoms with Crippen molar-refractivity contribution in [2.75, 3.05) is 12.9 Å². The Morgan fingerprint density at radius 1 is 1.15 bits per heavy atom. The fourth-order valence-electron chi connectivity index (χ4n) is 1.05. The molecule has 150 valence electrons. The van der Waals surface area contributed by atoms with Crippen LogP contribution < -0.4 is 5.32 Å². The first-order chi connectivity index (χ1) is 11.5. The van der Waals surface area contributed by atoms with E-state index < -0.39 is 33.3 Å². The normalized spacial score (nSPS) is 9.92. The minimum atomic E-state index is -4.08. The first-order valence-corrected chi connectivity index (χ1v) is 8.62.